The van der Waals surface area contributed by atoms with Crippen molar-refractivity contribution in [2.45, 2.75) is 39.5 Å². The van der Waals surface area contributed by atoms with E-state index in [1.165, 1.54) is 6.07 Å². The van der Waals surface area contributed by atoms with E-state index in [1.54, 1.807) is 0 Å². The molecule has 3 aromatic rings. The number of hydrogen-bond acceptors (Lipinski definition) is 2. The number of imidazole rings is 1. The quantitative estimate of drug-likeness (QED) is 0.705. The number of hydrogen-bond donors (Lipinski definition) is 1. The van der Waals surface area contributed by atoms with Crippen molar-refractivity contribution in [3.63, 3.8) is 0 Å². The van der Waals surface area contributed by atoms with Crippen LogP contribution < -0.4 is 5.73 Å². The molecule has 0 aliphatic rings. The highest BCUT2D eigenvalue weighted by Crippen LogP contribution is 2.33. The molecule has 6 heteroatoms. The van der Waals surface area contributed by atoms with Gasteiger partial charge in [0.15, 0.2) is 0 Å². The molecular weight excluding hydrogens is 339 g/mol. The van der Waals surface area contributed by atoms with Gasteiger partial charge in [-0.15, -0.1) is 0 Å². The third-order valence-electron chi connectivity index (χ3n) is 4.54. The molecule has 1 aromatic heterocycles. The average Bonchev–Trinajstić information content (AvgIpc) is 2.91. The van der Waals surface area contributed by atoms with E-state index < -0.39 is 11.7 Å². The summed E-state index contributed by atoms with van der Waals surface area (Å²) in [4.78, 5) is 4.46. The minimum Gasteiger partial charge on any atom is -0.322 e. The summed E-state index contributed by atoms with van der Waals surface area (Å²) in [6.45, 7) is 6.47. The molecule has 1 atom stereocenters. The first-order valence-corrected chi connectivity index (χ1v) is 8.55. The largest absolute Gasteiger partial charge is 0.416 e. The van der Waals surface area contributed by atoms with Crippen LogP contribution in [0, 0.1) is 12.8 Å². The van der Waals surface area contributed by atoms with Crippen LogP contribution in [0.2, 0.25) is 0 Å². The van der Waals surface area contributed by atoms with Crippen LogP contribution in [0.1, 0.15) is 42.4 Å². The summed E-state index contributed by atoms with van der Waals surface area (Å²) in [7, 11) is 0. The van der Waals surface area contributed by atoms with Crippen LogP contribution in [0.5, 0.6) is 0 Å². The second-order valence-corrected chi connectivity index (χ2v) is 7.02. The van der Waals surface area contributed by atoms with Gasteiger partial charge in [0.25, 0.3) is 0 Å². The maximum Gasteiger partial charge on any atom is 0.416 e. The molecule has 0 saturated carbocycles. The molecule has 26 heavy (non-hydrogen) atoms. The van der Waals surface area contributed by atoms with Gasteiger partial charge in [-0.05, 0) is 36.6 Å². The Balaban J connectivity index is 2.15. The number of aromatic nitrogens is 2. The van der Waals surface area contributed by atoms with Crippen molar-refractivity contribution in [1.82, 2.24) is 9.55 Å². The van der Waals surface area contributed by atoms with Crippen molar-refractivity contribution in [1.29, 1.82) is 0 Å². The molecule has 0 bridgehead atoms. The zero-order valence-electron chi connectivity index (χ0n) is 15.0. The van der Waals surface area contributed by atoms with E-state index in [0.717, 1.165) is 23.3 Å². The van der Waals surface area contributed by atoms with Crippen LogP contribution in [-0.2, 0) is 12.7 Å². The standard InChI is InChI=1S/C20H22F3N3/c1-12(2)18(24)19-25-16-10-15(20(21,22)23)7-8-17(16)26(19)11-14-6-4-5-13(3)9-14/h4-10,12,18H,11,24H2,1-3H3/t18-/m0/s1. The molecule has 138 valence electrons. The molecule has 0 spiro atoms. The Bertz CT molecular complexity index is 926. The molecule has 0 unspecified atom stereocenters. The maximum atomic E-state index is 13.0. The van der Waals surface area contributed by atoms with Gasteiger partial charge in [-0.1, -0.05) is 43.7 Å². The van der Waals surface area contributed by atoms with Crippen LogP contribution in [0.15, 0.2) is 42.5 Å². The van der Waals surface area contributed by atoms with Gasteiger partial charge in [0.05, 0.1) is 22.6 Å². The Morgan fingerprint density at radius 3 is 2.46 bits per heavy atom. The molecule has 0 aliphatic carbocycles. The van der Waals surface area contributed by atoms with Crippen LogP contribution in [0.25, 0.3) is 11.0 Å². The Labute approximate surface area is 150 Å². The van der Waals surface area contributed by atoms with E-state index in [9.17, 15) is 13.2 Å². The van der Waals surface area contributed by atoms with Gasteiger partial charge in [-0.25, -0.2) is 4.98 Å². The highest BCUT2D eigenvalue weighted by atomic mass is 19.4. The van der Waals surface area contributed by atoms with Crippen molar-refractivity contribution < 1.29 is 13.2 Å². The normalized spacial score (nSPS) is 13.5. The maximum absolute atomic E-state index is 13.0. The topological polar surface area (TPSA) is 43.8 Å². The third kappa shape index (κ3) is 3.60. The number of fused-ring (bicyclic) bond motifs is 1. The lowest BCUT2D eigenvalue weighted by Crippen LogP contribution is -2.22. The molecule has 3 rings (SSSR count). The fraction of sp³-hybridized carbons (Fsp3) is 0.350. The summed E-state index contributed by atoms with van der Waals surface area (Å²) in [5.74, 6) is 0.723. The SMILES string of the molecule is Cc1cccc(Cn2c([C@@H](N)C(C)C)nc3cc(C(F)(F)F)ccc32)c1. The van der Waals surface area contributed by atoms with E-state index in [0.29, 0.717) is 23.4 Å². The highest BCUT2D eigenvalue weighted by molar-refractivity contribution is 5.77. The van der Waals surface area contributed by atoms with E-state index in [-0.39, 0.29) is 12.0 Å². The molecule has 0 saturated heterocycles. The highest BCUT2D eigenvalue weighted by Gasteiger charge is 2.31. The lowest BCUT2D eigenvalue weighted by Gasteiger charge is -2.18. The second kappa shape index (κ2) is 6.76. The number of rotatable bonds is 4. The van der Waals surface area contributed by atoms with Crippen molar-refractivity contribution in [2.75, 3.05) is 0 Å². The van der Waals surface area contributed by atoms with Crippen molar-refractivity contribution in [3.05, 3.63) is 65.0 Å². The average molecular weight is 361 g/mol. The minimum atomic E-state index is -4.39. The van der Waals surface area contributed by atoms with E-state index >= 15 is 0 Å². The molecule has 0 aliphatic heterocycles. The zero-order chi connectivity index (χ0) is 19.1. The van der Waals surface area contributed by atoms with Gasteiger partial charge in [-0.2, -0.15) is 13.2 Å². The molecular formula is C20H22F3N3. The predicted octanol–water partition coefficient (Wildman–Crippen LogP) is 5.07. The Morgan fingerprint density at radius 2 is 1.85 bits per heavy atom. The van der Waals surface area contributed by atoms with Crippen molar-refractivity contribution in [3.8, 4) is 0 Å². The zero-order valence-corrected chi connectivity index (χ0v) is 15.0. The summed E-state index contributed by atoms with van der Waals surface area (Å²) in [6, 6.07) is 11.3. The molecule has 1 heterocycles. The second-order valence-electron chi connectivity index (χ2n) is 7.02. The van der Waals surface area contributed by atoms with Crippen LogP contribution in [-0.4, -0.2) is 9.55 Å². The molecule has 2 aromatic carbocycles. The van der Waals surface area contributed by atoms with Gasteiger partial charge >= 0.3 is 6.18 Å². The number of nitrogens with zero attached hydrogens (tertiary/aromatic N) is 2. The Kier molecular flexibility index (Phi) is 4.80. The van der Waals surface area contributed by atoms with Crippen LogP contribution >= 0.6 is 0 Å². The van der Waals surface area contributed by atoms with E-state index in [2.05, 4.69) is 11.1 Å². The van der Waals surface area contributed by atoms with Gasteiger partial charge in [0.2, 0.25) is 0 Å². The first-order valence-electron chi connectivity index (χ1n) is 8.55. The number of halogens is 3. The summed E-state index contributed by atoms with van der Waals surface area (Å²) in [6.07, 6.45) is -4.39. The fourth-order valence-electron chi connectivity index (χ4n) is 3.04. The monoisotopic (exact) mass is 361 g/mol. The molecule has 3 nitrogen and oxygen atoms in total. The third-order valence-corrected chi connectivity index (χ3v) is 4.54. The molecule has 0 amide bonds. The Morgan fingerprint density at radius 1 is 1.12 bits per heavy atom. The van der Waals surface area contributed by atoms with E-state index in [4.69, 9.17) is 5.73 Å². The lowest BCUT2D eigenvalue weighted by atomic mass is 10.0. The smallest absolute Gasteiger partial charge is 0.322 e. The first kappa shape index (κ1) is 18.5. The van der Waals surface area contributed by atoms with Gasteiger partial charge < -0.3 is 10.3 Å². The summed E-state index contributed by atoms with van der Waals surface area (Å²) in [5, 5.41) is 0. The van der Waals surface area contributed by atoms with Crippen LogP contribution in [0.4, 0.5) is 13.2 Å². The number of nitrogens with two attached hydrogens (primary N) is 1. The molecule has 2 N–H and O–H groups in total. The van der Waals surface area contributed by atoms with Crippen molar-refractivity contribution >= 4 is 11.0 Å². The summed E-state index contributed by atoms with van der Waals surface area (Å²) >= 11 is 0. The van der Waals surface area contributed by atoms with E-state index in [1.807, 2.05) is 43.5 Å². The van der Waals surface area contributed by atoms with Gasteiger partial charge in [0, 0.05) is 6.54 Å². The predicted molar refractivity (Wildman–Crippen MR) is 96.8 cm³/mol. The molecule has 0 fully saturated rings. The number of benzene rings is 2. The molecule has 0 radical (unpaired) electrons. The lowest BCUT2D eigenvalue weighted by molar-refractivity contribution is -0.137. The first-order chi connectivity index (χ1) is 12.2. The number of aryl methyl sites for hydroxylation is 1. The Hall–Kier alpha value is -2.34. The number of alkyl halides is 3. The van der Waals surface area contributed by atoms with Gasteiger partial charge in [0.1, 0.15) is 5.82 Å². The van der Waals surface area contributed by atoms with Crippen molar-refractivity contribution in [2.24, 2.45) is 11.7 Å². The fourth-order valence-corrected chi connectivity index (χ4v) is 3.04. The van der Waals surface area contributed by atoms with Gasteiger partial charge in [-0.3, -0.25) is 0 Å². The van der Waals surface area contributed by atoms with Crippen LogP contribution in [0.3, 0.4) is 0 Å². The summed E-state index contributed by atoms with van der Waals surface area (Å²) in [5.41, 5.74) is 8.76. The minimum absolute atomic E-state index is 0.116. The summed E-state index contributed by atoms with van der Waals surface area (Å²) < 4.78 is 41.1.